The minimum atomic E-state index is -0.274. The van der Waals surface area contributed by atoms with Crippen LogP contribution in [0.3, 0.4) is 0 Å². The van der Waals surface area contributed by atoms with Crippen molar-refractivity contribution in [1.82, 2.24) is 19.3 Å². The van der Waals surface area contributed by atoms with E-state index in [1.54, 1.807) is 18.3 Å². The summed E-state index contributed by atoms with van der Waals surface area (Å²) in [6.45, 7) is 4.05. The zero-order valence-corrected chi connectivity index (χ0v) is 19.5. The molecule has 7 nitrogen and oxygen atoms in total. The maximum absolute atomic E-state index is 13.7. The van der Waals surface area contributed by atoms with Gasteiger partial charge in [0, 0.05) is 65.8 Å². The van der Waals surface area contributed by atoms with E-state index in [1.807, 2.05) is 40.8 Å². The summed E-state index contributed by atoms with van der Waals surface area (Å²) in [6, 6.07) is 14.8. The molecule has 0 saturated carbocycles. The third kappa shape index (κ3) is 3.58. The van der Waals surface area contributed by atoms with Gasteiger partial charge in [0.05, 0.1) is 18.8 Å². The number of nitrogens with zero attached hydrogens (tertiary/aromatic N) is 4. The Balaban J connectivity index is 1.49. The topological polar surface area (TPSA) is 70.9 Å². The first kappa shape index (κ1) is 21.2. The molecule has 6 rings (SSSR count). The molecule has 0 aliphatic carbocycles. The van der Waals surface area contributed by atoms with Crippen molar-refractivity contribution in [3.05, 3.63) is 94.5 Å². The van der Waals surface area contributed by atoms with Gasteiger partial charge >= 0.3 is 0 Å². The second-order valence-electron chi connectivity index (χ2n) is 8.83. The fraction of sp³-hybridized carbons (Fsp3) is 0.185. The average Bonchev–Trinajstić information content (AvgIpc) is 3.45. The number of hydrogen-bond acceptors (Lipinski definition) is 4. The molecular weight excluding hydrogens is 443 g/mol. The molecule has 0 atom stereocenters. The largest absolute Gasteiger partial charge is 0.379 e. The molecule has 2 aromatic carbocycles. The van der Waals surface area contributed by atoms with Crippen LogP contribution in [0, 0.1) is 5.82 Å². The summed E-state index contributed by atoms with van der Waals surface area (Å²) in [5, 5.41) is 8.98. The summed E-state index contributed by atoms with van der Waals surface area (Å²) in [4.78, 5) is 17.8. The Kier molecular flexibility index (Phi) is 4.95. The van der Waals surface area contributed by atoms with E-state index in [0.29, 0.717) is 18.6 Å². The van der Waals surface area contributed by atoms with Crippen LogP contribution < -0.4 is 15.8 Å². The summed E-state index contributed by atoms with van der Waals surface area (Å²) in [5.74, 6) is -0.274. The second-order valence-corrected chi connectivity index (χ2v) is 8.83. The molecule has 1 aliphatic heterocycles. The highest BCUT2D eigenvalue weighted by atomic mass is 19.1. The first-order valence-electron chi connectivity index (χ1n) is 11.6. The summed E-state index contributed by atoms with van der Waals surface area (Å²) in [5.41, 5.74) is 7.35. The maximum atomic E-state index is 13.7. The van der Waals surface area contributed by atoms with E-state index in [9.17, 15) is 9.18 Å². The van der Waals surface area contributed by atoms with E-state index in [1.165, 1.54) is 12.1 Å². The molecule has 176 valence electrons. The predicted octanol–water partition coefficient (Wildman–Crippen LogP) is 5.15. The summed E-state index contributed by atoms with van der Waals surface area (Å²) in [6.07, 6.45) is 5.78. The summed E-state index contributed by atoms with van der Waals surface area (Å²) >= 11 is 0. The number of pyridine rings is 1. The molecule has 35 heavy (non-hydrogen) atoms. The van der Waals surface area contributed by atoms with Crippen molar-refractivity contribution >= 4 is 28.0 Å². The summed E-state index contributed by atoms with van der Waals surface area (Å²) < 4.78 is 17.5. The van der Waals surface area contributed by atoms with Crippen LogP contribution >= 0.6 is 0 Å². The van der Waals surface area contributed by atoms with Crippen LogP contribution in [0.25, 0.3) is 22.0 Å². The molecule has 1 aliphatic rings. The molecule has 0 radical (unpaired) electrons. The Hall–Kier alpha value is -4.33. The minimum absolute atomic E-state index is 0.116. The lowest BCUT2D eigenvalue weighted by Gasteiger charge is -2.26. The van der Waals surface area contributed by atoms with Crippen molar-refractivity contribution in [2.75, 3.05) is 10.2 Å². The zero-order valence-electron chi connectivity index (χ0n) is 19.5. The van der Waals surface area contributed by atoms with Gasteiger partial charge in [0.2, 0.25) is 0 Å². The number of H-pyrrole nitrogens is 1. The number of rotatable bonds is 5. The van der Waals surface area contributed by atoms with Crippen molar-refractivity contribution < 1.29 is 4.39 Å². The molecule has 0 fully saturated rings. The highest BCUT2D eigenvalue weighted by Crippen LogP contribution is 2.44. The number of aromatic amines is 1. The number of anilines is 3. The normalized spacial score (nSPS) is 12.6. The van der Waals surface area contributed by atoms with Crippen LogP contribution in [0.15, 0.2) is 71.9 Å². The Labute approximate surface area is 201 Å². The Morgan fingerprint density at radius 3 is 2.71 bits per heavy atom. The van der Waals surface area contributed by atoms with Crippen LogP contribution in [0.1, 0.15) is 18.2 Å². The van der Waals surface area contributed by atoms with Crippen LogP contribution in [-0.2, 0) is 26.7 Å². The Morgan fingerprint density at radius 2 is 1.94 bits per heavy atom. The molecule has 2 N–H and O–H groups in total. The third-order valence-electron chi connectivity index (χ3n) is 6.63. The van der Waals surface area contributed by atoms with Crippen LogP contribution in [0.4, 0.5) is 21.5 Å². The number of aryl methyl sites for hydroxylation is 2. The smallest absolute Gasteiger partial charge is 0.272 e. The van der Waals surface area contributed by atoms with Gasteiger partial charge in [-0.1, -0.05) is 0 Å². The molecule has 4 heterocycles. The van der Waals surface area contributed by atoms with Gasteiger partial charge in [0.1, 0.15) is 11.3 Å². The van der Waals surface area contributed by atoms with E-state index in [4.69, 9.17) is 0 Å². The van der Waals surface area contributed by atoms with Crippen molar-refractivity contribution in [1.29, 1.82) is 0 Å². The standard InChI is InChI=1S/C27H25FN6O/c1-3-33-11-10-20(31-33)14-29-19-6-9-24-22(12-19)23-16-32(2)26-25(23)17(13-30-27(26)35)15-34(24)21-7-4-18(28)5-8-21/h4-13,16,29H,3,14-15H2,1-2H3,(H,30,35). The SMILES string of the molecule is CCn1ccc(CNc2ccc3c(c2)-c2cn(C)c4c(=O)[nH]cc(c24)CN3c2ccc(F)cc2)n1. The van der Waals surface area contributed by atoms with E-state index in [-0.39, 0.29) is 11.4 Å². The van der Waals surface area contributed by atoms with Gasteiger partial charge in [0.15, 0.2) is 0 Å². The van der Waals surface area contributed by atoms with Crippen LogP contribution in [0.2, 0.25) is 0 Å². The highest BCUT2D eigenvalue weighted by Gasteiger charge is 2.26. The van der Waals surface area contributed by atoms with E-state index >= 15 is 0 Å². The summed E-state index contributed by atoms with van der Waals surface area (Å²) in [7, 11) is 1.90. The number of benzene rings is 2. The highest BCUT2D eigenvalue weighted by molar-refractivity contribution is 6.03. The molecule has 0 amide bonds. The lowest BCUT2D eigenvalue weighted by molar-refractivity contribution is 0.627. The van der Waals surface area contributed by atoms with Gasteiger partial charge in [-0.3, -0.25) is 9.48 Å². The fourth-order valence-corrected chi connectivity index (χ4v) is 4.92. The van der Waals surface area contributed by atoms with Gasteiger partial charge < -0.3 is 19.8 Å². The third-order valence-corrected chi connectivity index (χ3v) is 6.63. The lowest BCUT2D eigenvalue weighted by Crippen LogP contribution is -2.18. The van der Waals surface area contributed by atoms with Gasteiger partial charge in [-0.25, -0.2) is 4.39 Å². The van der Waals surface area contributed by atoms with Gasteiger partial charge in [-0.2, -0.15) is 5.10 Å². The Morgan fingerprint density at radius 1 is 1.11 bits per heavy atom. The maximum Gasteiger partial charge on any atom is 0.272 e. The van der Waals surface area contributed by atoms with Crippen molar-refractivity contribution in [2.45, 2.75) is 26.6 Å². The monoisotopic (exact) mass is 468 g/mol. The molecule has 0 spiro atoms. The van der Waals surface area contributed by atoms with Crippen LogP contribution in [-0.4, -0.2) is 19.3 Å². The molecule has 3 aromatic heterocycles. The number of aromatic nitrogens is 4. The average molecular weight is 469 g/mol. The number of hydrogen-bond donors (Lipinski definition) is 2. The van der Waals surface area contributed by atoms with Crippen molar-refractivity contribution in [3.63, 3.8) is 0 Å². The van der Waals surface area contributed by atoms with E-state index in [2.05, 4.69) is 39.4 Å². The van der Waals surface area contributed by atoms with Gasteiger partial charge in [-0.15, -0.1) is 0 Å². The molecule has 5 aromatic rings. The fourth-order valence-electron chi connectivity index (χ4n) is 4.92. The van der Waals surface area contributed by atoms with Crippen molar-refractivity contribution in [3.8, 4) is 11.1 Å². The first-order chi connectivity index (χ1) is 17.0. The van der Waals surface area contributed by atoms with Gasteiger partial charge in [0.25, 0.3) is 5.56 Å². The number of halogens is 1. The predicted molar refractivity (Wildman–Crippen MR) is 136 cm³/mol. The quantitative estimate of drug-likeness (QED) is 0.374. The number of fused-ring (bicyclic) bond motifs is 2. The van der Waals surface area contributed by atoms with E-state index in [0.717, 1.165) is 51.4 Å². The molecular formula is C27H25FN6O. The lowest BCUT2D eigenvalue weighted by atomic mass is 10.0. The second kappa shape index (κ2) is 8.16. The van der Waals surface area contributed by atoms with Crippen molar-refractivity contribution in [2.24, 2.45) is 7.05 Å². The van der Waals surface area contributed by atoms with E-state index < -0.39 is 0 Å². The molecule has 0 bridgehead atoms. The van der Waals surface area contributed by atoms with Crippen LogP contribution in [0.5, 0.6) is 0 Å². The first-order valence-corrected chi connectivity index (χ1v) is 11.6. The van der Waals surface area contributed by atoms with Gasteiger partial charge in [-0.05, 0) is 61.0 Å². The number of nitrogens with one attached hydrogen (secondary N) is 2. The minimum Gasteiger partial charge on any atom is -0.379 e. The Bertz CT molecular complexity index is 1610. The molecule has 8 heteroatoms. The molecule has 0 saturated heterocycles. The zero-order chi connectivity index (χ0) is 24.1. The molecule has 0 unspecified atom stereocenters.